The molecule has 2 aromatic carbocycles. The number of Topliss-reactive ketones (excluding diaryl/α,β-unsaturated/α-hetero) is 1. The van der Waals surface area contributed by atoms with Gasteiger partial charge < -0.3 is 19.5 Å². The molecule has 0 fully saturated rings. The molecule has 0 atom stereocenters. The predicted molar refractivity (Wildman–Crippen MR) is 102 cm³/mol. The maximum absolute atomic E-state index is 12.3. The third kappa shape index (κ3) is 4.95. The van der Waals surface area contributed by atoms with Crippen LogP contribution in [0.3, 0.4) is 0 Å². The molecule has 0 unspecified atom stereocenters. The Kier molecular flexibility index (Phi) is 6.06. The molecule has 1 heterocycles. The van der Waals surface area contributed by atoms with Crippen molar-refractivity contribution in [3.05, 3.63) is 59.2 Å². The lowest BCUT2D eigenvalue weighted by molar-refractivity contribution is -0.118. The molecule has 0 bridgehead atoms. The molecule has 3 rings (SSSR count). The van der Waals surface area contributed by atoms with Gasteiger partial charge in [-0.1, -0.05) is 12.1 Å². The van der Waals surface area contributed by atoms with E-state index in [1.165, 1.54) is 6.07 Å². The molecule has 7 nitrogen and oxygen atoms in total. The van der Waals surface area contributed by atoms with Crippen LogP contribution in [0, 0.1) is 0 Å². The zero-order chi connectivity index (χ0) is 20.1. The Hall–Kier alpha value is -3.19. The molecule has 0 aromatic heterocycles. The number of anilines is 1. The third-order valence-corrected chi connectivity index (χ3v) is 4.04. The van der Waals surface area contributed by atoms with Crippen molar-refractivity contribution >= 4 is 23.3 Å². The van der Waals surface area contributed by atoms with Gasteiger partial charge in [0.2, 0.25) is 0 Å². The van der Waals surface area contributed by atoms with E-state index in [9.17, 15) is 14.4 Å². The zero-order valence-electron chi connectivity index (χ0n) is 15.7. The molecule has 2 aromatic rings. The number of fused-ring (bicyclic) bond motifs is 1. The number of rotatable bonds is 7. The first-order valence-corrected chi connectivity index (χ1v) is 8.90. The van der Waals surface area contributed by atoms with Crippen LogP contribution in [-0.2, 0) is 20.9 Å². The molecule has 7 heteroatoms. The van der Waals surface area contributed by atoms with Crippen LogP contribution in [0.4, 0.5) is 5.69 Å². The Morgan fingerprint density at radius 1 is 1.11 bits per heavy atom. The topological polar surface area (TPSA) is 90.9 Å². The smallest absolute Gasteiger partial charge is 0.338 e. The maximum atomic E-state index is 12.3. The molecule has 1 N–H and O–H groups in total. The average molecular weight is 383 g/mol. The summed E-state index contributed by atoms with van der Waals surface area (Å²) < 4.78 is 15.9. The van der Waals surface area contributed by atoms with E-state index < -0.39 is 12.6 Å². The van der Waals surface area contributed by atoms with Crippen LogP contribution in [-0.4, -0.2) is 37.0 Å². The fourth-order valence-corrected chi connectivity index (χ4v) is 2.55. The highest BCUT2D eigenvalue weighted by atomic mass is 16.5. The molecule has 0 spiro atoms. The second kappa shape index (κ2) is 8.67. The lowest BCUT2D eigenvalue weighted by atomic mass is 10.1. The Morgan fingerprint density at radius 2 is 1.82 bits per heavy atom. The number of hydrogen-bond acceptors (Lipinski definition) is 6. The molecule has 1 aliphatic heterocycles. The standard InChI is InChI=1S/C21H21NO6/c1-13(2)26-10-14-3-5-15(6-4-14)21(25)28-11-18(23)16-7-8-19-17(9-16)22-20(24)12-27-19/h3-9,13H,10-12H2,1-2H3,(H,22,24). The van der Waals surface area contributed by atoms with Crippen molar-refractivity contribution in [3.8, 4) is 5.75 Å². The molecule has 0 saturated carbocycles. The molecule has 0 saturated heterocycles. The van der Waals surface area contributed by atoms with E-state index in [2.05, 4.69) is 5.32 Å². The van der Waals surface area contributed by atoms with Crippen LogP contribution in [0.2, 0.25) is 0 Å². The number of ether oxygens (including phenoxy) is 3. The molecular formula is C21H21NO6. The van der Waals surface area contributed by atoms with Crippen molar-refractivity contribution in [2.45, 2.75) is 26.6 Å². The van der Waals surface area contributed by atoms with Crippen molar-refractivity contribution in [2.24, 2.45) is 0 Å². The molecule has 0 radical (unpaired) electrons. The fraction of sp³-hybridized carbons (Fsp3) is 0.286. The largest absolute Gasteiger partial charge is 0.482 e. The van der Waals surface area contributed by atoms with Gasteiger partial charge in [0, 0.05) is 5.56 Å². The minimum Gasteiger partial charge on any atom is -0.482 e. The van der Waals surface area contributed by atoms with Crippen molar-refractivity contribution < 1.29 is 28.6 Å². The number of esters is 1. The summed E-state index contributed by atoms with van der Waals surface area (Å²) in [5, 5.41) is 2.63. The van der Waals surface area contributed by atoms with E-state index in [0.717, 1.165) is 5.56 Å². The van der Waals surface area contributed by atoms with Crippen LogP contribution in [0.1, 0.15) is 40.1 Å². The summed E-state index contributed by atoms with van der Waals surface area (Å²) in [6, 6.07) is 11.5. The number of nitrogens with one attached hydrogen (secondary N) is 1. The highest BCUT2D eigenvalue weighted by Gasteiger charge is 2.18. The van der Waals surface area contributed by atoms with Gasteiger partial charge in [0.25, 0.3) is 5.91 Å². The van der Waals surface area contributed by atoms with Crippen molar-refractivity contribution in [1.29, 1.82) is 0 Å². The number of benzene rings is 2. The number of ketones is 1. The van der Waals surface area contributed by atoms with Gasteiger partial charge in [0.05, 0.1) is 24.0 Å². The van der Waals surface area contributed by atoms with Gasteiger partial charge in [-0.2, -0.15) is 0 Å². The van der Waals surface area contributed by atoms with E-state index in [1.54, 1.807) is 36.4 Å². The van der Waals surface area contributed by atoms with Crippen LogP contribution in [0.25, 0.3) is 0 Å². The van der Waals surface area contributed by atoms with Gasteiger partial charge in [-0.15, -0.1) is 0 Å². The highest BCUT2D eigenvalue weighted by molar-refractivity contribution is 6.02. The van der Waals surface area contributed by atoms with Gasteiger partial charge in [-0.3, -0.25) is 9.59 Å². The second-order valence-electron chi connectivity index (χ2n) is 6.60. The number of carbonyl (C=O) groups is 3. The number of amides is 1. The molecule has 146 valence electrons. The Morgan fingerprint density at radius 3 is 2.54 bits per heavy atom. The van der Waals surface area contributed by atoms with Gasteiger partial charge in [-0.25, -0.2) is 4.79 Å². The fourth-order valence-electron chi connectivity index (χ4n) is 2.55. The lowest BCUT2D eigenvalue weighted by Gasteiger charge is -2.18. The third-order valence-electron chi connectivity index (χ3n) is 4.04. The minimum absolute atomic E-state index is 0.0553. The second-order valence-corrected chi connectivity index (χ2v) is 6.60. The quantitative estimate of drug-likeness (QED) is 0.584. The molecular weight excluding hydrogens is 362 g/mol. The summed E-state index contributed by atoms with van der Waals surface area (Å²) in [6.45, 7) is 3.91. The van der Waals surface area contributed by atoms with E-state index in [1.807, 2.05) is 13.8 Å². The van der Waals surface area contributed by atoms with Gasteiger partial charge >= 0.3 is 5.97 Å². The highest BCUT2D eigenvalue weighted by Crippen LogP contribution is 2.28. The summed E-state index contributed by atoms with van der Waals surface area (Å²) >= 11 is 0. The van der Waals surface area contributed by atoms with Crippen LogP contribution < -0.4 is 10.1 Å². The van der Waals surface area contributed by atoms with E-state index >= 15 is 0 Å². The Balaban J connectivity index is 1.56. The van der Waals surface area contributed by atoms with Crippen molar-refractivity contribution in [2.75, 3.05) is 18.5 Å². The first-order chi connectivity index (χ1) is 13.4. The molecule has 28 heavy (non-hydrogen) atoms. The van der Waals surface area contributed by atoms with Gasteiger partial charge in [0.1, 0.15) is 5.75 Å². The summed E-state index contributed by atoms with van der Waals surface area (Å²) in [4.78, 5) is 35.8. The molecule has 1 aliphatic rings. The normalized spacial score (nSPS) is 12.8. The maximum Gasteiger partial charge on any atom is 0.338 e. The minimum atomic E-state index is -0.584. The Labute approximate surface area is 162 Å². The van der Waals surface area contributed by atoms with Crippen LogP contribution in [0.15, 0.2) is 42.5 Å². The van der Waals surface area contributed by atoms with E-state index in [0.29, 0.717) is 29.2 Å². The van der Waals surface area contributed by atoms with E-state index in [-0.39, 0.29) is 24.4 Å². The van der Waals surface area contributed by atoms with Crippen molar-refractivity contribution in [1.82, 2.24) is 0 Å². The lowest BCUT2D eigenvalue weighted by Crippen LogP contribution is -2.25. The predicted octanol–water partition coefficient (Wildman–Crippen LogP) is 2.98. The SMILES string of the molecule is CC(C)OCc1ccc(C(=O)OCC(=O)c2ccc3c(c2)NC(=O)CO3)cc1. The average Bonchev–Trinajstić information content (AvgIpc) is 2.70. The Bertz CT molecular complexity index is 888. The number of hydrogen-bond donors (Lipinski definition) is 1. The summed E-state index contributed by atoms with van der Waals surface area (Å²) in [5.41, 5.74) is 2.04. The zero-order valence-corrected chi connectivity index (χ0v) is 15.7. The van der Waals surface area contributed by atoms with Crippen molar-refractivity contribution in [3.63, 3.8) is 0 Å². The van der Waals surface area contributed by atoms with Crippen LogP contribution >= 0.6 is 0 Å². The van der Waals surface area contributed by atoms with Gasteiger partial charge in [-0.05, 0) is 49.7 Å². The summed E-state index contributed by atoms with van der Waals surface area (Å²) in [6.07, 6.45) is 0.124. The summed E-state index contributed by atoms with van der Waals surface area (Å²) in [5.74, 6) is -0.752. The molecule has 1 amide bonds. The number of carbonyl (C=O) groups excluding carboxylic acids is 3. The monoisotopic (exact) mass is 383 g/mol. The first-order valence-electron chi connectivity index (χ1n) is 8.90. The molecule has 0 aliphatic carbocycles. The van der Waals surface area contributed by atoms with E-state index in [4.69, 9.17) is 14.2 Å². The summed E-state index contributed by atoms with van der Waals surface area (Å²) in [7, 11) is 0. The first kappa shape index (κ1) is 19.6. The van der Waals surface area contributed by atoms with Crippen LogP contribution in [0.5, 0.6) is 5.75 Å². The van der Waals surface area contributed by atoms with Gasteiger partial charge in [0.15, 0.2) is 19.0 Å².